The smallest absolute Gasteiger partial charge is 0.343 e. The number of nitrogens with zero attached hydrogens (tertiary/aromatic N) is 1. The Kier molecular flexibility index (Phi) is 5.13. The molecular weight excluding hydrogens is 374 g/mol. The number of aliphatic imine (C=N–C) groups is 1. The Morgan fingerprint density at radius 1 is 0.931 bits per heavy atom. The van der Waals surface area contributed by atoms with E-state index in [0.29, 0.717) is 22.0 Å². The molecule has 0 heterocycles. The molecule has 0 bridgehead atoms. The highest BCUT2D eigenvalue weighted by Crippen LogP contribution is 2.30. The van der Waals surface area contributed by atoms with E-state index in [0.717, 1.165) is 0 Å². The molecule has 9 heteroatoms. The maximum absolute atomic E-state index is 12.5. The molecule has 0 aromatic heterocycles. The predicted octanol–water partition coefficient (Wildman–Crippen LogP) is 1.95. The molecule has 0 saturated carbocycles. The molecular formula is C20H17N5O4. The third kappa shape index (κ3) is 4.14. The van der Waals surface area contributed by atoms with Gasteiger partial charge in [0.1, 0.15) is 17.1 Å². The third-order valence-corrected chi connectivity index (χ3v) is 4.07. The Morgan fingerprint density at radius 3 is 2.17 bits per heavy atom. The second-order valence-electron chi connectivity index (χ2n) is 6.07. The number of carbonyl (C=O) groups is 2. The van der Waals surface area contributed by atoms with Crippen LogP contribution in [0.5, 0.6) is 5.75 Å². The van der Waals surface area contributed by atoms with E-state index >= 15 is 0 Å². The number of fused-ring (bicyclic) bond motifs is 1. The standard InChI is InChI=1S/C20H17N5O4/c21-17(22)12-3-7-14-11(9-12)4-8-15(16(14)18(26)27)29-19(28)10-1-5-13(6-2-10)25-20(23)24/h1-9H,(H3,21,22)(H,26,27)(H4,23,24,25). The molecule has 8 N–H and O–H groups in total. The molecule has 3 aromatic rings. The fraction of sp³-hybridized carbons (Fsp3) is 0. The van der Waals surface area contributed by atoms with Crippen molar-refractivity contribution in [2.75, 3.05) is 0 Å². The molecule has 3 rings (SSSR count). The molecule has 0 aliphatic carbocycles. The number of aromatic carboxylic acids is 1. The number of benzene rings is 3. The summed E-state index contributed by atoms with van der Waals surface area (Å²) in [6, 6.07) is 13.6. The molecule has 0 aliphatic heterocycles. The van der Waals surface area contributed by atoms with Crippen molar-refractivity contribution >= 4 is 40.2 Å². The van der Waals surface area contributed by atoms with Gasteiger partial charge in [-0.25, -0.2) is 14.6 Å². The zero-order valence-corrected chi connectivity index (χ0v) is 15.0. The van der Waals surface area contributed by atoms with Gasteiger partial charge in [-0.2, -0.15) is 0 Å². The molecule has 146 valence electrons. The van der Waals surface area contributed by atoms with Gasteiger partial charge in [-0.15, -0.1) is 0 Å². The molecule has 3 aromatic carbocycles. The van der Waals surface area contributed by atoms with E-state index in [-0.39, 0.29) is 28.7 Å². The van der Waals surface area contributed by atoms with E-state index in [9.17, 15) is 14.7 Å². The van der Waals surface area contributed by atoms with Crippen molar-refractivity contribution in [1.82, 2.24) is 0 Å². The minimum absolute atomic E-state index is 0.0983. The summed E-state index contributed by atoms with van der Waals surface area (Å²) in [4.78, 5) is 28.1. The van der Waals surface area contributed by atoms with Gasteiger partial charge in [-0.3, -0.25) is 5.41 Å². The van der Waals surface area contributed by atoms with E-state index in [1.165, 1.54) is 42.5 Å². The van der Waals surface area contributed by atoms with Crippen molar-refractivity contribution in [3.63, 3.8) is 0 Å². The summed E-state index contributed by atoms with van der Waals surface area (Å²) < 4.78 is 5.33. The molecule has 0 radical (unpaired) electrons. The first-order valence-electron chi connectivity index (χ1n) is 8.32. The molecule has 0 fully saturated rings. The van der Waals surface area contributed by atoms with Gasteiger partial charge in [0, 0.05) is 10.9 Å². The lowest BCUT2D eigenvalue weighted by molar-refractivity contribution is 0.0684. The number of carboxylic acid groups (broad SMARTS) is 1. The van der Waals surface area contributed by atoms with E-state index < -0.39 is 11.9 Å². The minimum atomic E-state index is -1.25. The summed E-state index contributed by atoms with van der Waals surface area (Å²) in [5.74, 6) is -2.33. The molecule has 0 aliphatic rings. The van der Waals surface area contributed by atoms with Crippen LogP contribution in [-0.4, -0.2) is 28.8 Å². The van der Waals surface area contributed by atoms with Gasteiger partial charge in [0.25, 0.3) is 0 Å². The van der Waals surface area contributed by atoms with Gasteiger partial charge in [0.2, 0.25) is 0 Å². The van der Waals surface area contributed by atoms with Crippen LogP contribution in [0, 0.1) is 5.41 Å². The van der Waals surface area contributed by atoms with E-state index in [4.69, 9.17) is 27.3 Å². The number of guanidine groups is 1. The maximum Gasteiger partial charge on any atom is 0.343 e. The van der Waals surface area contributed by atoms with Crippen LogP contribution in [0.2, 0.25) is 0 Å². The minimum Gasteiger partial charge on any atom is -0.478 e. The van der Waals surface area contributed by atoms with Gasteiger partial charge < -0.3 is 27.0 Å². The Morgan fingerprint density at radius 2 is 1.59 bits per heavy atom. The highest BCUT2D eigenvalue weighted by atomic mass is 16.5. The Labute approximate surface area is 164 Å². The van der Waals surface area contributed by atoms with Gasteiger partial charge in [0.15, 0.2) is 5.96 Å². The van der Waals surface area contributed by atoms with Crippen LogP contribution in [0.25, 0.3) is 10.8 Å². The van der Waals surface area contributed by atoms with E-state index in [1.807, 2.05) is 0 Å². The van der Waals surface area contributed by atoms with Crippen LogP contribution in [0.1, 0.15) is 26.3 Å². The topological polar surface area (TPSA) is 178 Å². The molecule has 0 saturated heterocycles. The number of amidine groups is 1. The van der Waals surface area contributed by atoms with Crippen LogP contribution in [-0.2, 0) is 0 Å². The maximum atomic E-state index is 12.5. The second-order valence-corrected chi connectivity index (χ2v) is 6.07. The fourth-order valence-corrected chi connectivity index (χ4v) is 2.76. The van der Waals surface area contributed by atoms with Crippen LogP contribution in [0.3, 0.4) is 0 Å². The zero-order chi connectivity index (χ0) is 21.1. The average molecular weight is 391 g/mol. The number of nitrogens with two attached hydrogens (primary N) is 3. The van der Waals surface area contributed by atoms with Crippen LogP contribution in [0.15, 0.2) is 59.6 Å². The van der Waals surface area contributed by atoms with Crippen molar-refractivity contribution < 1.29 is 19.4 Å². The van der Waals surface area contributed by atoms with Gasteiger partial charge >= 0.3 is 11.9 Å². The fourth-order valence-electron chi connectivity index (χ4n) is 2.76. The summed E-state index contributed by atoms with van der Waals surface area (Å²) in [7, 11) is 0. The summed E-state index contributed by atoms with van der Waals surface area (Å²) in [6.45, 7) is 0. The molecule has 0 unspecified atom stereocenters. The Bertz CT molecular complexity index is 1170. The monoisotopic (exact) mass is 391 g/mol. The van der Waals surface area contributed by atoms with Crippen LogP contribution >= 0.6 is 0 Å². The number of nitrogen functional groups attached to an aromatic ring is 1. The van der Waals surface area contributed by atoms with Gasteiger partial charge in [0.05, 0.1) is 11.3 Å². The second kappa shape index (κ2) is 7.69. The number of esters is 1. The highest BCUT2D eigenvalue weighted by molar-refractivity contribution is 6.09. The van der Waals surface area contributed by atoms with E-state index in [2.05, 4.69) is 4.99 Å². The highest BCUT2D eigenvalue weighted by Gasteiger charge is 2.19. The van der Waals surface area contributed by atoms with Crippen molar-refractivity contribution in [2.24, 2.45) is 22.2 Å². The number of hydrogen-bond acceptors (Lipinski definition) is 5. The number of carboxylic acids is 1. The number of rotatable bonds is 5. The van der Waals surface area contributed by atoms with Crippen molar-refractivity contribution in [1.29, 1.82) is 5.41 Å². The first-order valence-corrected chi connectivity index (χ1v) is 8.32. The quantitative estimate of drug-likeness (QED) is 0.191. The van der Waals surface area contributed by atoms with Crippen LogP contribution < -0.4 is 21.9 Å². The number of ether oxygens (including phenoxy) is 1. The molecule has 0 amide bonds. The Balaban J connectivity index is 1.96. The number of hydrogen-bond donors (Lipinski definition) is 5. The molecule has 29 heavy (non-hydrogen) atoms. The van der Waals surface area contributed by atoms with Crippen molar-refractivity contribution in [3.05, 3.63) is 71.3 Å². The first kappa shape index (κ1) is 19.4. The lowest BCUT2D eigenvalue weighted by Gasteiger charge is -2.11. The average Bonchev–Trinajstić information content (AvgIpc) is 2.67. The summed E-state index contributed by atoms with van der Waals surface area (Å²) >= 11 is 0. The summed E-state index contributed by atoms with van der Waals surface area (Å²) in [5, 5.41) is 18.1. The first-order chi connectivity index (χ1) is 13.8. The number of nitrogens with one attached hydrogen (secondary N) is 1. The molecule has 0 spiro atoms. The Hall–Kier alpha value is -4.40. The SMILES string of the molecule is N=C(N)c1ccc2c(C(=O)O)c(OC(=O)c3ccc(N=C(N)N)cc3)ccc2c1. The lowest BCUT2D eigenvalue weighted by atomic mass is 10.0. The third-order valence-electron chi connectivity index (χ3n) is 4.07. The predicted molar refractivity (Wildman–Crippen MR) is 109 cm³/mol. The summed E-state index contributed by atoms with van der Waals surface area (Å²) in [6.07, 6.45) is 0. The van der Waals surface area contributed by atoms with Crippen molar-refractivity contribution in [3.8, 4) is 5.75 Å². The lowest BCUT2D eigenvalue weighted by Crippen LogP contribution is -2.21. The molecule has 0 atom stereocenters. The van der Waals surface area contributed by atoms with Crippen molar-refractivity contribution in [2.45, 2.75) is 0 Å². The zero-order valence-electron chi connectivity index (χ0n) is 15.0. The largest absolute Gasteiger partial charge is 0.478 e. The normalized spacial score (nSPS) is 10.3. The van der Waals surface area contributed by atoms with Crippen LogP contribution in [0.4, 0.5) is 5.69 Å². The number of carbonyl (C=O) groups excluding carboxylic acids is 1. The van der Waals surface area contributed by atoms with E-state index in [1.54, 1.807) is 12.1 Å². The van der Waals surface area contributed by atoms with Gasteiger partial charge in [-0.05, 0) is 41.8 Å². The summed E-state index contributed by atoms with van der Waals surface area (Å²) in [5.41, 5.74) is 17.0. The van der Waals surface area contributed by atoms with Gasteiger partial charge in [-0.1, -0.05) is 18.2 Å². The molecule has 9 nitrogen and oxygen atoms in total.